The van der Waals surface area contributed by atoms with Crippen LogP contribution in [0.3, 0.4) is 0 Å². The van der Waals surface area contributed by atoms with Gasteiger partial charge in [0.25, 0.3) is 5.91 Å². The Balaban J connectivity index is 1.46. The molecule has 3 aliphatic rings. The molecule has 1 saturated carbocycles. The molecule has 4 amide bonds. The van der Waals surface area contributed by atoms with E-state index in [2.05, 4.69) is 5.32 Å². The monoisotopic (exact) mass is 377 g/mol. The summed E-state index contributed by atoms with van der Waals surface area (Å²) in [6, 6.07) is 2.92. The summed E-state index contributed by atoms with van der Waals surface area (Å²) in [5.41, 5.74) is -0.500. The first-order chi connectivity index (χ1) is 12.9. The van der Waals surface area contributed by atoms with Gasteiger partial charge in [0.2, 0.25) is 5.91 Å². The summed E-state index contributed by atoms with van der Waals surface area (Å²) in [4.78, 5) is 40.1. The quantitative estimate of drug-likeness (QED) is 0.823. The first-order valence-corrected chi connectivity index (χ1v) is 9.29. The highest BCUT2D eigenvalue weighted by Gasteiger charge is 2.52. The minimum atomic E-state index is -1.02. The van der Waals surface area contributed by atoms with Gasteiger partial charge in [-0.25, -0.2) is 13.6 Å². The lowest BCUT2D eigenvalue weighted by molar-refractivity contribution is -0.133. The lowest BCUT2D eigenvalue weighted by Gasteiger charge is -2.30. The van der Waals surface area contributed by atoms with Gasteiger partial charge in [0.1, 0.15) is 5.54 Å². The third kappa shape index (κ3) is 3.07. The van der Waals surface area contributed by atoms with Gasteiger partial charge in [-0.05, 0) is 25.0 Å². The van der Waals surface area contributed by atoms with E-state index in [0.717, 1.165) is 31.4 Å². The number of nitrogens with zero attached hydrogens (tertiary/aromatic N) is 2. The highest BCUT2D eigenvalue weighted by Crippen LogP contribution is 2.35. The van der Waals surface area contributed by atoms with Gasteiger partial charge >= 0.3 is 6.03 Å². The van der Waals surface area contributed by atoms with Crippen LogP contribution >= 0.6 is 0 Å². The van der Waals surface area contributed by atoms with Crippen molar-refractivity contribution in [3.63, 3.8) is 0 Å². The Labute approximate surface area is 155 Å². The van der Waals surface area contributed by atoms with Crippen molar-refractivity contribution in [3.8, 4) is 0 Å². The number of hydrogen-bond acceptors (Lipinski definition) is 3. The Morgan fingerprint density at radius 2 is 1.81 bits per heavy atom. The third-order valence-corrected chi connectivity index (χ3v) is 5.81. The van der Waals surface area contributed by atoms with Crippen LogP contribution in [-0.2, 0) is 9.59 Å². The van der Waals surface area contributed by atoms with Crippen molar-refractivity contribution < 1.29 is 23.2 Å². The second-order valence-corrected chi connectivity index (χ2v) is 7.66. The van der Waals surface area contributed by atoms with Crippen molar-refractivity contribution in [1.82, 2.24) is 10.2 Å². The summed E-state index contributed by atoms with van der Waals surface area (Å²) in [6.07, 6.45) is 4.34. The lowest BCUT2D eigenvalue weighted by Crippen LogP contribution is -2.48. The van der Waals surface area contributed by atoms with E-state index in [1.807, 2.05) is 0 Å². The minimum absolute atomic E-state index is 0.151. The highest BCUT2D eigenvalue weighted by atomic mass is 19.2. The van der Waals surface area contributed by atoms with Crippen LogP contribution in [-0.4, -0.2) is 41.4 Å². The van der Waals surface area contributed by atoms with E-state index in [0.29, 0.717) is 12.8 Å². The lowest BCUT2D eigenvalue weighted by atomic mass is 9.81. The average Bonchev–Trinajstić information content (AvgIpc) is 3.11. The van der Waals surface area contributed by atoms with Crippen molar-refractivity contribution in [1.29, 1.82) is 0 Å². The van der Waals surface area contributed by atoms with E-state index in [-0.39, 0.29) is 42.9 Å². The molecule has 1 atom stereocenters. The van der Waals surface area contributed by atoms with Gasteiger partial charge < -0.3 is 10.2 Å². The second-order valence-electron chi connectivity index (χ2n) is 7.66. The van der Waals surface area contributed by atoms with Crippen LogP contribution in [0.25, 0.3) is 0 Å². The first kappa shape index (κ1) is 17.9. The number of anilines is 1. The normalized spacial score (nSPS) is 24.8. The van der Waals surface area contributed by atoms with Crippen molar-refractivity contribution >= 4 is 23.5 Å². The van der Waals surface area contributed by atoms with Crippen LogP contribution in [0.5, 0.6) is 0 Å². The molecule has 1 N–H and O–H groups in total. The van der Waals surface area contributed by atoms with Crippen molar-refractivity contribution in [3.05, 3.63) is 29.8 Å². The largest absolute Gasteiger partial charge is 0.325 e. The van der Waals surface area contributed by atoms with Gasteiger partial charge in [-0.15, -0.1) is 0 Å². The number of urea groups is 1. The number of halogens is 2. The first-order valence-electron chi connectivity index (χ1n) is 9.29. The number of imide groups is 1. The molecular formula is C19H21F2N3O3. The van der Waals surface area contributed by atoms with Crippen LogP contribution < -0.4 is 10.2 Å². The summed E-state index contributed by atoms with van der Waals surface area (Å²) in [5, 5.41) is 2.86. The summed E-state index contributed by atoms with van der Waals surface area (Å²) in [7, 11) is 0. The summed E-state index contributed by atoms with van der Waals surface area (Å²) in [6.45, 7) is 0.409. The SMILES string of the molecule is O=C1NC2(CCCCC2)C(=O)N1CC1CC(=O)N(c2ccc(F)c(F)c2)C1. The topological polar surface area (TPSA) is 69.7 Å². The molecule has 1 unspecified atom stereocenters. The van der Waals surface area contributed by atoms with Crippen LogP contribution in [0.2, 0.25) is 0 Å². The number of amides is 4. The van der Waals surface area contributed by atoms with Crippen LogP contribution in [0.4, 0.5) is 19.3 Å². The Morgan fingerprint density at radius 3 is 2.52 bits per heavy atom. The smallest absolute Gasteiger partial charge is 0.323 e. The highest BCUT2D eigenvalue weighted by molar-refractivity contribution is 6.07. The minimum Gasteiger partial charge on any atom is -0.323 e. The molecule has 1 aromatic carbocycles. The average molecular weight is 377 g/mol. The maximum atomic E-state index is 13.5. The molecule has 1 spiro atoms. The van der Waals surface area contributed by atoms with Crippen molar-refractivity contribution in [2.24, 2.45) is 5.92 Å². The number of nitrogens with one attached hydrogen (secondary N) is 1. The molecular weight excluding hydrogens is 356 g/mol. The van der Waals surface area contributed by atoms with Gasteiger partial charge in [-0.1, -0.05) is 19.3 Å². The zero-order valence-electron chi connectivity index (χ0n) is 14.8. The Morgan fingerprint density at radius 1 is 1.07 bits per heavy atom. The van der Waals surface area contributed by atoms with Crippen LogP contribution in [0, 0.1) is 17.6 Å². The van der Waals surface area contributed by atoms with E-state index in [1.165, 1.54) is 15.9 Å². The predicted molar refractivity (Wildman–Crippen MR) is 92.9 cm³/mol. The molecule has 2 heterocycles. The molecule has 2 saturated heterocycles. The van der Waals surface area contributed by atoms with E-state index in [4.69, 9.17) is 0 Å². The summed E-state index contributed by atoms with van der Waals surface area (Å²) < 4.78 is 26.6. The van der Waals surface area contributed by atoms with Gasteiger partial charge in [-0.2, -0.15) is 0 Å². The van der Waals surface area contributed by atoms with E-state index in [1.54, 1.807) is 0 Å². The van der Waals surface area contributed by atoms with Crippen molar-refractivity contribution in [2.75, 3.05) is 18.0 Å². The molecule has 27 heavy (non-hydrogen) atoms. The summed E-state index contributed by atoms with van der Waals surface area (Å²) >= 11 is 0. The zero-order chi connectivity index (χ0) is 19.2. The standard InChI is InChI=1S/C19H21F2N3O3/c20-14-5-4-13(9-15(14)21)23-10-12(8-16(23)25)11-24-17(26)19(22-18(24)27)6-2-1-3-7-19/h4-5,9,12H,1-3,6-8,10-11H2,(H,22,27). The maximum absolute atomic E-state index is 13.5. The van der Waals surface area contributed by atoms with Crippen LogP contribution in [0.15, 0.2) is 18.2 Å². The molecule has 144 valence electrons. The van der Waals surface area contributed by atoms with E-state index < -0.39 is 23.2 Å². The van der Waals surface area contributed by atoms with Gasteiger partial charge in [0.05, 0.1) is 0 Å². The molecule has 1 aliphatic carbocycles. The van der Waals surface area contributed by atoms with Crippen LogP contribution in [0.1, 0.15) is 38.5 Å². The molecule has 8 heteroatoms. The van der Waals surface area contributed by atoms with Crippen molar-refractivity contribution in [2.45, 2.75) is 44.1 Å². The zero-order valence-corrected chi connectivity index (χ0v) is 14.8. The predicted octanol–water partition coefficient (Wildman–Crippen LogP) is 2.57. The Bertz CT molecular complexity index is 807. The van der Waals surface area contributed by atoms with Gasteiger partial charge in [-0.3, -0.25) is 14.5 Å². The second kappa shape index (κ2) is 6.58. The fraction of sp³-hybridized carbons (Fsp3) is 0.526. The fourth-order valence-corrected chi connectivity index (χ4v) is 4.40. The molecule has 0 aromatic heterocycles. The fourth-order valence-electron chi connectivity index (χ4n) is 4.40. The Hall–Kier alpha value is -2.51. The third-order valence-electron chi connectivity index (χ3n) is 5.81. The molecule has 2 aliphatic heterocycles. The number of carbonyl (C=O) groups is 3. The maximum Gasteiger partial charge on any atom is 0.325 e. The molecule has 4 rings (SSSR count). The summed E-state index contributed by atoms with van der Waals surface area (Å²) in [5.74, 6) is -2.66. The Kier molecular flexibility index (Phi) is 4.36. The van der Waals surface area contributed by atoms with E-state index in [9.17, 15) is 23.2 Å². The molecule has 1 aromatic rings. The number of carbonyl (C=O) groups excluding carboxylic acids is 3. The van der Waals surface area contributed by atoms with Gasteiger partial charge in [0, 0.05) is 37.2 Å². The molecule has 0 radical (unpaired) electrons. The van der Waals surface area contributed by atoms with Gasteiger partial charge in [0.15, 0.2) is 11.6 Å². The number of rotatable bonds is 3. The molecule has 3 fully saturated rings. The number of benzene rings is 1. The van der Waals surface area contributed by atoms with E-state index >= 15 is 0 Å². The molecule has 6 nitrogen and oxygen atoms in total. The number of hydrogen-bond donors (Lipinski definition) is 1. The molecule has 0 bridgehead atoms.